The smallest absolute Gasteiger partial charge is 0.243 e. The minimum atomic E-state index is -3.72. The zero-order valence-corrected chi connectivity index (χ0v) is 20.7. The van der Waals surface area contributed by atoms with E-state index in [1.165, 1.54) is 11.4 Å². The number of anilines is 2. The summed E-state index contributed by atoms with van der Waals surface area (Å²) in [6.07, 6.45) is 2.03. The molecule has 1 amide bonds. The first-order valence-electron chi connectivity index (χ1n) is 11.8. The summed E-state index contributed by atoms with van der Waals surface area (Å²) in [7, 11) is -0.222. The first-order chi connectivity index (χ1) is 16.9. The Balaban J connectivity index is 1.43. The molecule has 1 saturated heterocycles. The number of methoxy groups -OCH3 is 1. The highest BCUT2D eigenvalue weighted by molar-refractivity contribution is 7.89. The molecule has 2 aliphatic heterocycles. The van der Waals surface area contributed by atoms with Gasteiger partial charge in [-0.1, -0.05) is 12.1 Å². The third-order valence-electron chi connectivity index (χ3n) is 6.72. The SMILES string of the molecule is COc1ccc(S(=O)(=O)N2CCCC(C(=O)N3CCCN(C)c4nc5ccccc5nc43)C2)cc1. The van der Waals surface area contributed by atoms with Crippen LogP contribution in [0.4, 0.5) is 11.6 Å². The Morgan fingerprint density at radius 2 is 1.63 bits per heavy atom. The van der Waals surface area contributed by atoms with E-state index in [4.69, 9.17) is 14.7 Å². The number of ether oxygens (including phenoxy) is 1. The van der Waals surface area contributed by atoms with Gasteiger partial charge in [0, 0.05) is 33.2 Å². The normalized spacial score (nSPS) is 19.3. The number of sulfonamides is 1. The summed E-state index contributed by atoms with van der Waals surface area (Å²) in [6, 6.07) is 14.0. The van der Waals surface area contributed by atoms with Crippen molar-refractivity contribution in [2.24, 2.45) is 5.92 Å². The number of aromatic nitrogens is 2. The largest absolute Gasteiger partial charge is 0.497 e. The summed E-state index contributed by atoms with van der Waals surface area (Å²) in [5, 5.41) is 0. The number of benzene rings is 2. The summed E-state index contributed by atoms with van der Waals surface area (Å²) < 4.78 is 33.2. The molecule has 0 aliphatic carbocycles. The molecule has 0 spiro atoms. The Bertz CT molecular complexity index is 1350. The lowest BCUT2D eigenvalue weighted by Crippen LogP contribution is -2.47. The number of carbonyl (C=O) groups is 1. The second kappa shape index (κ2) is 9.43. The highest BCUT2D eigenvalue weighted by Crippen LogP contribution is 2.33. The molecule has 0 N–H and O–H groups in total. The molecular weight excluding hydrogens is 466 g/mol. The Morgan fingerprint density at radius 3 is 2.31 bits per heavy atom. The summed E-state index contributed by atoms with van der Waals surface area (Å²) in [4.78, 5) is 27.4. The molecule has 9 nitrogen and oxygen atoms in total. The first kappa shape index (κ1) is 23.5. The van der Waals surface area contributed by atoms with Crippen LogP contribution in [0.2, 0.25) is 0 Å². The monoisotopic (exact) mass is 495 g/mol. The van der Waals surface area contributed by atoms with Gasteiger partial charge in [0.15, 0.2) is 11.6 Å². The van der Waals surface area contributed by atoms with Gasteiger partial charge < -0.3 is 9.64 Å². The molecule has 184 valence electrons. The molecule has 0 bridgehead atoms. The van der Waals surface area contributed by atoms with Crippen LogP contribution in [0.1, 0.15) is 19.3 Å². The standard InChI is InChI=1S/C25H29N5O4S/c1-28-14-6-16-30(24-23(28)26-21-8-3-4-9-22(21)27-24)25(31)18-7-5-15-29(17-18)35(32,33)20-12-10-19(34-2)11-13-20/h3-4,8-13,18H,5-7,14-17H2,1-2H3. The third-order valence-corrected chi connectivity index (χ3v) is 8.60. The second-order valence-electron chi connectivity index (χ2n) is 9.00. The van der Waals surface area contributed by atoms with Crippen molar-refractivity contribution in [3.63, 3.8) is 0 Å². The average molecular weight is 496 g/mol. The zero-order valence-electron chi connectivity index (χ0n) is 19.9. The van der Waals surface area contributed by atoms with Crippen molar-refractivity contribution in [3.8, 4) is 5.75 Å². The number of para-hydroxylation sites is 2. The number of carbonyl (C=O) groups excluding carboxylic acids is 1. The van der Waals surface area contributed by atoms with Crippen LogP contribution in [-0.2, 0) is 14.8 Å². The molecule has 35 heavy (non-hydrogen) atoms. The van der Waals surface area contributed by atoms with Gasteiger partial charge in [0.2, 0.25) is 15.9 Å². The van der Waals surface area contributed by atoms with Crippen LogP contribution < -0.4 is 14.5 Å². The van der Waals surface area contributed by atoms with Gasteiger partial charge in [0.05, 0.1) is 29.0 Å². The second-order valence-corrected chi connectivity index (χ2v) is 10.9. The Morgan fingerprint density at radius 1 is 0.943 bits per heavy atom. The van der Waals surface area contributed by atoms with Crippen molar-refractivity contribution in [1.82, 2.24) is 14.3 Å². The minimum absolute atomic E-state index is 0.0965. The first-order valence-corrected chi connectivity index (χ1v) is 13.3. The van der Waals surface area contributed by atoms with Gasteiger partial charge in [-0.15, -0.1) is 0 Å². The van der Waals surface area contributed by atoms with Crippen molar-refractivity contribution in [2.45, 2.75) is 24.2 Å². The van der Waals surface area contributed by atoms with Crippen molar-refractivity contribution >= 4 is 38.6 Å². The quantitative estimate of drug-likeness (QED) is 0.549. The van der Waals surface area contributed by atoms with Crippen LogP contribution in [-0.4, -0.2) is 68.9 Å². The summed E-state index contributed by atoms with van der Waals surface area (Å²) in [5.74, 6) is 1.27. The third kappa shape index (κ3) is 4.43. The van der Waals surface area contributed by atoms with E-state index in [0.29, 0.717) is 43.3 Å². The fraction of sp³-hybridized carbons (Fsp3) is 0.400. The van der Waals surface area contributed by atoms with Gasteiger partial charge in [-0.05, 0) is 55.7 Å². The van der Waals surface area contributed by atoms with Gasteiger partial charge in [-0.25, -0.2) is 18.4 Å². The summed E-state index contributed by atoms with van der Waals surface area (Å²) in [6.45, 7) is 1.81. The van der Waals surface area contributed by atoms with E-state index in [-0.39, 0.29) is 17.3 Å². The number of fused-ring (bicyclic) bond motifs is 2. The molecular formula is C25H29N5O4S. The predicted octanol–water partition coefficient (Wildman–Crippen LogP) is 2.91. The maximum atomic E-state index is 13.8. The van der Waals surface area contributed by atoms with Crippen molar-refractivity contribution in [2.75, 3.05) is 50.1 Å². The van der Waals surface area contributed by atoms with Crippen molar-refractivity contribution in [3.05, 3.63) is 48.5 Å². The van der Waals surface area contributed by atoms with E-state index in [0.717, 1.165) is 24.0 Å². The lowest BCUT2D eigenvalue weighted by atomic mass is 9.98. The lowest BCUT2D eigenvalue weighted by molar-refractivity contribution is -0.123. The van der Waals surface area contributed by atoms with Crippen molar-refractivity contribution in [1.29, 1.82) is 0 Å². The molecule has 0 radical (unpaired) electrons. The van der Waals surface area contributed by atoms with E-state index in [1.54, 1.807) is 29.2 Å². The predicted molar refractivity (Wildman–Crippen MR) is 134 cm³/mol. The molecule has 1 atom stereocenters. The Kier molecular flexibility index (Phi) is 6.33. The molecule has 1 fully saturated rings. The topological polar surface area (TPSA) is 95.9 Å². The van der Waals surface area contributed by atoms with Crippen LogP contribution in [0.5, 0.6) is 5.75 Å². The highest BCUT2D eigenvalue weighted by Gasteiger charge is 2.37. The molecule has 1 unspecified atom stereocenters. The molecule has 3 aromatic rings. The van der Waals surface area contributed by atoms with E-state index < -0.39 is 15.9 Å². The summed E-state index contributed by atoms with van der Waals surface area (Å²) >= 11 is 0. The van der Waals surface area contributed by atoms with Gasteiger partial charge in [0.25, 0.3) is 0 Å². The number of amides is 1. The van der Waals surface area contributed by atoms with Crippen LogP contribution in [0, 0.1) is 5.92 Å². The van der Waals surface area contributed by atoms with Gasteiger partial charge in [0.1, 0.15) is 5.75 Å². The molecule has 1 aromatic heterocycles. The maximum absolute atomic E-state index is 13.8. The minimum Gasteiger partial charge on any atom is -0.497 e. The van der Waals surface area contributed by atoms with Crippen LogP contribution >= 0.6 is 0 Å². The molecule has 3 heterocycles. The highest BCUT2D eigenvalue weighted by atomic mass is 32.2. The van der Waals surface area contributed by atoms with E-state index in [1.807, 2.05) is 36.2 Å². The summed E-state index contributed by atoms with van der Waals surface area (Å²) in [5.41, 5.74) is 1.51. The molecule has 0 saturated carbocycles. The number of nitrogens with zero attached hydrogens (tertiary/aromatic N) is 5. The van der Waals surface area contributed by atoms with Crippen LogP contribution in [0.3, 0.4) is 0 Å². The van der Waals surface area contributed by atoms with Crippen molar-refractivity contribution < 1.29 is 17.9 Å². The van der Waals surface area contributed by atoms with Gasteiger partial charge >= 0.3 is 0 Å². The van der Waals surface area contributed by atoms with Crippen LogP contribution in [0.25, 0.3) is 11.0 Å². The van der Waals surface area contributed by atoms with Crippen LogP contribution in [0.15, 0.2) is 53.4 Å². The van der Waals surface area contributed by atoms with E-state index >= 15 is 0 Å². The fourth-order valence-corrected chi connectivity index (χ4v) is 6.31. The van der Waals surface area contributed by atoms with E-state index in [2.05, 4.69) is 0 Å². The maximum Gasteiger partial charge on any atom is 0.243 e. The average Bonchev–Trinajstić information content (AvgIpc) is 3.05. The Labute approximate surface area is 205 Å². The lowest BCUT2D eigenvalue weighted by Gasteiger charge is -2.34. The van der Waals surface area contributed by atoms with Gasteiger partial charge in [-0.3, -0.25) is 9.69 Å². The fourth-order valence-electron chi connectivity index (χ4n) is 4.79. The zero-order chi connectivity index (χ0) is 24.6. The number of hydrogen-bond donors (Lipinski definition) is 0. The molecule has 5 rings (SSSR count). The number of piperidine rings is 1. The Hall–Kier alpha value is -3.24. The number of rotatable bonds is 4. The van der Waals surface area contributed by atoms with E-state index in [9.17, 15) is 13.2 Å². The molecule has 2 aromatic carbocycles. The molecule has 2 aliphatic rings. The molecule has 10 heteroatoms. The van der Waals surface area contributed by atoms with Gasteiger partial charge in [-0.2, -0.15) is 4.31 Å². The number of hydrogen-bond acceptors (Lipinski definition) is 7.